The van der Waals surface area contributed by atoms with Crippen molar-refractivity contribution in [3.8, 4) is 11.4 Å². The SMILES string of the molecule is Cc1nn(CC(C)C)c(C)c1CCC(=O)Nc1ccc(-c2nnc3n2CCCCC3)cc1. The van der Waals surface area contributed by atoms with Gasteiger partial charge in [0, 0.05) is 42.9 Å². The molecule has 7 heteroatoms. The van der Waals surface area contributed by atoms with Crippen LogP contribution in [0.4, 0.5) is 5.69 Å². The number of benzene rings is 1. The normalized spacial score (nSPS) is 13.8. The Hall–Kier alpha value is -2.96. The number of hydrogen-bond donors (Lipinski definition) is 1. The second-order valence-electron chi connectivity index (χ2n) is 9.25. The maximum Gasteiger partial charge on any atom is 0.224 e. The fourth-order valence-corrected chi connectivity index (χ4v) is 4.48. The first kappa shape index (κ1) is 22.2. The molecule has 0 saturated heterocycles. The van der Waals surface area contributed by atoms with E-state index in [1.165, 1.54) is 30.5 Å². The molecule has 1 aliphatic rings. The monoisotopic (exact) mass is 434 g/mol. The molecule has 0 bridgehead atoms. The van der Waals surface area contributed by atoms with Gasteiger partial charge in [-0.1, -0.05) is 20.3 Å². The molecule has 3 aromatic rings. The van der Waals surface area contributed by atoms with E-state index < -0.39 is 0 Å². The van der Waals surface area contributed by atoms with Crippen LogP contribution < -0.4 is 5.32 Å². The van der Waals surface area contributed by atoms with Gasteiger partial charge in [-0.25, -0.2) is 0 Å². The molecule has 4 rings (SSSR count). The first-order valence-corrected chi connectivity index (χ1v) is 11.8. The highest BCUT2D eigenvalue weighted by Gasteiger charge is 2.17. The molecule has 2 aromatic heterocycles. The Kier molecular flexibility index (Phi) is 6.72. The van der Waals surface area contributed by atoms with Gasteiger partial charge in [0.2, 0.25) is 5.91 Å². The molecule has 0 fully saturated rings. The zero-order chi connectivity index (χ0) is 22.7. The molecule has 1 aliphatic heterocycles. The molecular weight excluding hydrogens is 400 g/mol. The number of aromatic nitrogens is 5. The second kappa shape index (κ2) is 9.67. The van der Waals surface area contributed by atoms with Gasteiger partial charge in [-0.05, 0) is 68.9 Å². The molecule has 0 aliphatic carbocycles. The molecule has 7 nitrogen and oxygen atoms in total. The summed E-state index contributed by atoms with van der Waals surface area (Å²) in [5, 5.41) is 16.5. The van der Waals surface area contributed by atoms with Crippen molar-refractivity contribution >= 4 is 11.6 Å². The standard InChI is InChI=1S/C25H34N6O/c1-17(2)16-31-19(4)22(18(3)29-31)13-14-24(32)26-21-11-9-20(10-12-21)25-28-27-23-8-6-5-7-15-30(23)25/h9-12,17H,5-8,13-16H2,1-4H3,(H,26,32). The van der Waals surface area contributed by atoms with Gasteiger partial charge in [0.1, 0.15) is 5.82 Å². The van der Waals surface area contributed by atoms with Crippen LogP contribution in [0.5, 0.6) is 0 Å². The van der Waals surface area contributed by atoms with E-state index in [9.17, 15) is 4.79 Å². The van der Waals surface area contributed by atoms with Gasteiger partial charge < -0.3 is 9.88 Å². The van der Waals surface area contributed by atoms with Crippen LogP contribution in [0, 0.1) is 19.8 Å². The van der Waals surface area contributed by atoms with Gasteiger partial charge in [-0.15, -0.1) is 10.2 Å². The minimum Gasteiger partial charge on any atom is -0.326 e. The Labute approximate surface area is 190 Å². The van der Waals surface area contributed by atoms with Gasteiger partial charge >= 0.3 is 0 Å². The zero-order valence-electron chi connectivity index (χ0n) is 19.7. The summed E-state index contributed by atoms with van der Waals surface area (Å²) in [5.41, 5.74) is 5.21. The maximum absolute atomic E-state index is 12.6. The number of rotatable bonds is 7. The van der Waals surface area contributed by atoms with Crippen molar-refractivity contribution in [2.75, 3.05) is 5.32 Å². The average molecular weight is 435 g/mol. The maximum atomic E-state index is 12.6. The molecule has 170 valence electrons. The van der Waals surface area contributed by atoms with Crippen LogP contribution in [0.3, 0.4) is 0 Å². The summed E-state index contributed by atoms with van der Waals surface area (Å²) in [5.74, 6) is 2.56. The highest BCUT2D eigenvalue weighted by molar-refractivity contribution is 5.91. The summed E-state index contributed by atoms with van der Waals surface area (Å²) in [6.45, 7) is 10.4. The second-order valence-corrected chi connectivity index (χ2v) is 9.25. The fourth-order valence-electron chi connectivity index (χ4n) is 4.48. The van der Waals surface area contributed by atoms with Gasteiger partial charge in [-0.3, -0.25) is 9.48 Å². The lowest BCUT2D eigenvalue weighted by atomic mass is 10.1. The topological polar surface area (TPSA) is 77.6 Å². The molecule has 3 heterocycles. The molecule has 0 radical (unpaired) electrons. The Morgan fingerprint density at radius 3 is 2.62 bits per heavy atom. The Morgan fingerprint density at radius 2 is 1.88 bits per heavy atom. The van der Waals surface area contributed by atoms with E-state index >= 15 is 0 Å². The molecule has 32 heavy (non-hydrogen) atoms. The van der Waals surface area contributed by atoms with Crippen molar-refractivity contribution in [3.63, 3.8) is 0 Å². The molecule has 1 amide bonds. The minimum atomic E-state index is 0.0181. The van der Waals surface area contributed by atoms with Crippen LogP contribution >= 0.6 is 0 Å². The average Bonchev–Trinajstić information content (AvgIpc) is 3.16. The molecular formula is C25H34N6O. The molecule has 0 saturated carbocycles. The van der Waals surface area contributed by atoms with Crippen molar-refractivity contribution < 1.29 is 4.79 Å². The van der Waals surface area contributed by atoms with Crippen LogP contribution in [0.25, 0.3) is 11.4 Å². The summed E-state index contributed by atoms with van der Waals surface area (Å²) >= 11 is 0. The van der Waals surface area contributed by atoms with Crippen LogP contribution in [-0.2, 0) is 30.7 Å². The number of hydrogen-bond acceptors (Lipinski definition) is 4. The summed E-state index contributed by atoms with van der Waals surface area (Å²) < 4.78 is 4.31. The van der Waals surface area contributed by atoms with Crippen LogP contribution in [0.15, 0.2) is 24.3 Å². The van der Waals surface area contributed by atoms with Crippen LogP contribution in [-0.4, -0.2) is 30.5 Å². The molecule has 0 atom stereocenters. The number of carbonyl (C=O) groups excluding carboxylic acids is 1. The molecule has 1 N–H and O–H groups in total. The predicted octanol–water partition coefficient (Wildman–Crippen LogP) is 4.71. The van der Waals surface area contributed by atoms with Gasteiger partial charge in [-0.2, -0.15) is 5.10 Å². The minimum absolute atomic E-state index is 0.0181. The predicted molar refractivity (Wildman–Crippen MR) is 127 cm³/mol. The van der Waals surface area contributed by atoms with Crippen molar-refractivity contribution in [3.05, 3.63) is 47.0 Å². The van der Waals surface area contributed by atoms with E-state index in [4.69, 9.17) is 0 Å². The third-order valence-corrected chi connectivity index (χ3v) is 6.21. The highest BCUT2D eigenvalue weighted by atomic mass is 16.1. The zero-order valence-corrected chi connectivity index (χ0v) is 19.7. The smallest absolute Gasteiger partial charge is 0.224 e. The van der Waals surface area contributed by atoms with Crippen molar-refractivity contribution in [1.82, 2.24) is 24.5 Å². The third kappa shape index (κ3) is 4.92. The Morgan fingerprint density at radius 1 is 1.09 bits per heavy atom. The van der Waals surface area contributed by atoms with Crippen LogP contribution in [0.1, 0.15) is 62.3 Å². The van der Waals surface area contributed by atoms with E-state index in [0.717, 1.165) is 48.1 Å². The number of amides is 1. The van der Waals surface area contributed by atoms with Crippen LogP contribution in [0.2, 0.25) is 0 Å². The van der Waals surface area contributed by atoms with Gasteiger partial charge in [0.25, 0.3) is 0 Å². The quantitative estimate of drug-likeness (QED) is 0.584. The number of aryl methyl sites for hydroxylation is 2. The summed E-state index contributed by atoms with van der Waals surface area (Å²) in [4.78, 5) is 12.6. The molecule has 1 aromatic carbocycles. The number of nitrogens with zero attached hydrogens (tertiary/aromatic N) is 5. The van der Waals surface area contributed by atoms with Gasteiger partial charge in [0.15, 0.2) is 5.82 Å². The summed E-state index contributed by atoms with van der Waals surface area (Å²) in [6.07, 6.45) is 5.73. The lowest BCUT2D eigenvalue weighted by Gasteiger charge is -2.09. The summed E-state index contributed by atoms with van der Waals surface area (Å²) in [6, 6.07) is 7.93. The summed E-state index contributed by atoms with van der Waals surface area (Å²) in [7, 11) is 0. The first-order valence-electron chi connectivity index (χ1n) is 11.8. The van der Waals surface area contributed by atoms with Crippen molar-refractivity contribution in [1.29, 1.82) is 0 Å². The fraction of sp³-hybridized carbons (Fsp3) is 0.520. The lowest BCUT2D eigenvalue weighted by Crippen LogP contribution is -2.13. The van der Waals surface area contributed by atoms with E-state index in [-0.39, 0.29) is 5.91 Å². The first-order chi connectivity index (χ1) is 15.4. The largest absolute Gasteiger partial charge is 0.326 e. The van der Waals surface area contributed by atoms with E-state index in [1.54, 1.807) is 0 Å². The Bertz CT molecular complexity index is 1080. The van der Waals surface area contributed by atoms with Gasteiger partial charge in [0.05, 0.1) is 5.69 Å². The van der Waals surface area contributed by atoms with Crippen molar-refractivity contribution in [2.24, 2.45) is 5.92 Å². The number of carbonyl (C=O) groups is 1. The van der Waals surface area contributed by atoms with E-state index in [0.29, 0.717) is 18.8 Å². The number of anilines is 1. The lowest BCUT2D eigenvalue weighted by molar-refractivity contribution is -0.116. The third-order valence-electron chi connectivity index (χ3n) is 6.21. The molecule has 0 spiro atoms. The van der Waals surface area contributed by atoms with E-state index in [1.807, 2.05) is 31.2 Å². The Balaban J connectivity index is 1.37. The number of fused-ring (bicyclic) bond motifs is 1. The highest BCUT2D eigenvalue weighted by Crippen LogP contribution is 2.24. The van der Waals surface area contributed by atoms with Crippen molar-refractivity contribution in [2.45, 2.75) is 79.3 Å². The van der Waals surface area contributed by atoms with E-state index in [2.05, 4.69) is 50.6 Å². The molecule has 0 unspecified atom stereocenters. The number of nitrogens with one attached hydrogen (secondary N) is 1.